The molecule has 0 fully saturated rings. The van der Waals surface area contributed by atoms with Crippen molar-refractivity contribution in [1.29, 1.82) is 0 Å². The number of hydrogen-bond donors (Lipinski definition) is 0. The molecule has 0 spiro atoms. The van der Waals surface area contributed by atoms with Crippen LogP contribution in [0.15, 0.2) is 24.3 Å². The van der Waals surface area contributed by atoms with E-state index < -0.39 is 30.1 Å². The predicted molar refractivity (Wildman–Crippen MR) is 100 cm³/mol. The first kappa shape index (κ1) is 21.9. The molecule has 0 saturated carbocycles. The van der Waals surface area contributed by atoms with Gasteiger partial charge in [0.25, 0.3) is 0 Å². The number of benzene rings is 1. The number of halogens is 3. The second-order valence-corrected chi connectivity index (χ2v) is 21.0. The predicted octanol–water partition coefficient (Wildman–Crippen LogP) is 7.64. The summed E-state index contributed by atoms with van der Waals surface area (Å²) in [4.78, 5) is 0. The first-order valence-corrected chi connectivity index (χ1v) is 17.6. The van der Waals surface area contributed by atoms with Gasteiger partial charge in [0.15, 0.2) is 0 Å². The van der Waals surface area contributed by atoms with E-state index in [-0.39, 0.29) is 0 Å². The number of hydrogen-bond acceptors (Lipinski definition) is 0. The van der Waals surface area contributed by atoms with Crippen molar-refractivity contribution in [3.63, 3.8) is 0 Å². The van der Waals surface area contributed by atoms with Crippen LogP contribution in [-0.2, 0) is 10.6 Å². The van der Waals surface area contributed by atoms with Gasteiger partial charge in [-0.2, -0.15) is 0 Å². The second kappa shape index (κ2) is 10.7. The third-order valence-electron chi connectivity index (χ3n) is 5.02. The molecular weight excluding hydrogens is 416 g/mol. The average molecular weight is 449 g/mol. The summed E-state index contributed by atoms with van der Waals surface area (Å²) in [5.74, 6) is 0. The Kier molecular flexibility index (Phi) is 9.76. The Labute approximate surface area is 150 Å². The van der Waals surface area contributed by atoms with Crippen molar-refractivity contribution in [1.82, 2.24) is 0 Å². The van der Waals surface area contributed by atoms with E-state index in [4.69, 9.17) is 0 Å². The molecule has 138 valence electrons. The Hall–Kier alpha value is -0.191. The van der Waals surface area contributed by atoms with Crippen LogP contribution in [-0.4, -0.2) is 18.4 Å². The zero-order valence-electron chi connectivity index (χ0n) is 15.5. The normalized spacial score (nSPS) is 12.6. The summed E-state index contributed by atoms with van der Waals surface area (Å²) in [5, 5.41) is 0. The van der Waals surface area contributed by atoms with Crippen molar-refractivity contribution in [3.05, 3.63) is 35.4 Å². The van der Waals surface area contributed by atoms with E-state index in [0.717, 1.165) is 10.0 Å². The SMILES string of the molecule is CCC[CH2][Sn]([CH2]CCC)([CH2]CCC)[CH2]c1cccc(C(F)(F)F)c1. The third-order valence-corrected chi connectivity index (χ3v) is 20.4. The first-order chi connectivity index (χ1) is 11.4. The molecule has 1 aromatic rings. The molecule has 0 aliphatic heterocycles. The molecule has 0 saturated heterocycles. The van der Waals surface area contributed by atoms with Gasteiger partial charge >= 0.3 is 150 Å². The monoisotopic (exact) mass is 450 g/mol. The quantitative estimate of drug-likeness (QED) is 0.305. The summed E-state index contributed by atoms with van der Waals surface area (Å²) in [6.45, 7) is 6.67. The van der Waals surface area contributed by atoms with E-state index in [1.54, 1.807) is 6.07 Å². The van der Waals surface area contributed by atoms with Gasteiger partial charge in [0.1, 0.15) is 0 Å². The van der Waals surface area contributed by atoms with Gasteiger partial charge in [0.05, 0.1) is 0 Å². The molecule has 1 rings (SSSR count). The van der Waals surface area contributed by atoms with Crippen LogP contribution in [0.25, 0.3) is 0 Å². The standard InChI is InChI=1S/C8H6F3.3C4H9.Sn/c1-6-3-2-4-7(5-6)8(9,10)11;3*1-3-4-2;/h2-5H,1H2;3*1,3-4H2,2H3;. The zero-order valence-corrected chi connectivity index (χ0v) is 18.4. The van der Waals surface area contributed by atoms with Crippen LogP contribution in [0.1, 0.15) is 70.4 Å². The average Bonchev–Trinajstić information content (AvgIpc) is 2.55. The Morgan fingerprint density at radius 2 is 1.33 bits per heavy atom. The van der Waals surface area contributed by atoms with Gasteiger partial charge in [0, 0.05) is 0 Å². The maximum absolute atomic E-state index is 13.0. The van der Waals surface area contributed by atoms with Gasteiger partial charge < -0.3 is 0 Å². The minimum absolute atomic E-state index is 0.485. The zero-order chi connectivity index (χ0) is 18.1. The van der Waals surface area contributed by atoms with Crippen LogP contribution in [0.5, 0.6) is 0 Å². The number of rotatable bonds is 11. The fraction of sp³-hybridized carbons (Fsp3) is 0.700. The number of unbranched alkanes of at least 4 members (excludes halogenated alkanes) is 3. The molecule has 0 aliphatic rings. The summed E-state index contributed by atoms with van der Waals surface area (Å²) in [5.41, 5.74) is 0.450. The van der Waals surface area contributed by atoms with Gasteiger partial charge in [-0.3, -0.25) is 0 Å². The van der Waals surface area contributed by atoms with Crippen molar-refractivity contribution in [3.8, 4) is 0 Å². The summed E-state index contributed by atoms with van der Waals surface area (Å²) in [6.07, 6.45) is 3.11. The van der Waals surface area contributed by atoms with Crippen molar-refractivity contribution in [2.24, 2.45) is 0 Å². The van der Waals surface area contributed by atoms with Gasteiger partial charge in [-0.25, -0.2) is 0 Å². The molecule has 24 heavy (non-hydrogen) atoms. The molecule has 0 amide bonds. The Morgan fingerprint density at radius 3 is 1.75 bits per heavy atom. The third kappa shape index (κ3) is 7.36. The Bertz CT molecular complexity index is 446. The first-order valence-electron chi connectivity index (χ1n) is 9.53. The molecule has 1 aromatic carbocycles. The van der Waals surface area contributed by atoms with Crippen LogP contribution in [0.2, 0.25) is 13.3 Å². The summed E-state index contributed by atoms with van der Waals surface area (Å²) < 4.78 is 44.1. The molecule has 0 N–H and O–H groups in total. The van der Waals surface area contributed by atoms with E-state index in [9.17, 15) is 13.2 Å². The summed E-state index contributed by atoms with van der Waals surface area (Å²) in [6, 6.07) is 6.12. The molecule has 0 unspecified atom stereocenters. The Morgan fingerprint density at radius 1 is 0.833 bits per heavy atom. The fourth-order valence-corrected chi connectivity index (χ4v) is 19.8. The van der Waals surface area contributed by atoms with E-state index in [0.29, 0.717) is 0 Å². The van der Waals surface area contributed by atoms with Crippen LogP contribution in [0.4, 0.5) is 13.2 Å². The van der Waals surface area contributed by atoms with Gasteiger partial charge in [-0.15, -0.1) is 0 Å². The molecule has 0 radical (unpaired) electrons. The molecule has 0 aromatic heterocycles. The topological polar surface area (TPSA) is 0 Å². The molecule has 4 heteroatoms. The van der Waals surface area contributed by atoms with E-state index in [1.807, 2.05) is 6.07 Å². The van der Waals surface area contributed by atoms with Crippen molar-refractivity contribution in [2.75, 3.05) is 0 Å². The van der Waals surface area contributed by atoms with Gasteiger partial charge in [-0.05, 0) is 0 Å². The van der Waals surface area contributed by atoms with Gasteiger partial charge in [0.2, 0.25) is 0 Å². The van der Waals surface area contributed by atoms with Gasteiger partial charge in [-0.1, -0.05) is 0 Å². The van der Waals surface area contributed by atoms with E-state index >= 15 is 0 Å². The Balaban J connectivity index is 3.03. The molecule has 0 nitrogen and oxygen atoms in total. The summed E-state index contributed by atoms with van der Waals surface area (Å²) >= 11 is -2.42. The van der Waals surface area contributed by atoms with Crippen LogP contribution in [0.3, 0.4) is 0 Å². The maximum atomic E-state index is 13.0. The van der Waals surface area contributed by atoms with Crippen molar-refractivity contribution < 1.29 is 13.2 Å². The van der Waals surface area contributed by atoms with E-state index in [1.165, 1.54) is 64.0 Å². The van der Waals surface area contributed by atoms with Crippen LogP contribution >= 0.6 is 0 Å². The molecular formula is C20H33F3Sn. The number of alkyl halides is 3. The van der Waals surface area contributed by atoms with Crippen LogP contribution in [0, 0.1) is 0 Å². The van der Waals surface area contributed by atoms with Crippen molar-refractivity contribution in [2.45, 2.75) is 83.2 Å². The molecule has 0 heterocycles. The fourth-order valence-electron chi connectivity index (χ4n) is 3.59. The molecule has 0 aliphatic carbocycles. The van der Waals surface area contributed by atoms with Crippen molar-refractivity contribution >= 4 is 18.4 Å². The van der Waals surface area contributed by atoms with E-state index in [2.05, 4.69) is 20.8 Å². The van der Waals surface area contributed by atoms with Crippen LogP contribution < -0.4 is 0 Å². The molecule has 0 bridgehead atoms. The molecule has 0 atom stereocenters. The summed E-state index contributed by atoms with van der Waals surface area (Å²) in [7, 11) is 0. The minimum atomic E-state index is -4.23. The second-order valence-electron chi connectivity index (χ2n) is 7.19.